The van der Waals surface area contributed by atoms with Crippen LogP contribution in [0.15, 0.2) is 0 Å². The summed E-state index contributed by atoms with van der Waals surface area (Å²) in [6.45, 7) is 2.43. The van der Waals surface area contributed by atoms with E-state index in [0.717, 1.165) is 5.92 Å². The molecular weight excluding hydrogens is 184 g/mol. The standard InChI is InChI=1S/C10H18S2/c1-9-4-2-5-10(8-9)11-6-3-7-12-10/h9H,2-8H2,1H3. The summed E-state index contributed by atoms with van der Waals surface area (Å²) in [5, 5.41) is 0. The monoisotopic (exact) mass is 202 g/mol. The molecule has 1 heterocycles. The molecule has 2 fully saturated rings. The molecule has 0 aromatic heterocycles. The first-order valence-corrected chi connectivity index (χ1v) is 7.06. The van der Waals surface area contributed by atoms with E-state index in [1.165, 1.54) is 43.6 Å². The molecule has 1 aliphatic carbocycles. The van der Waals surface area contributed by atoms with Crippen LogP contribution in [0.2, 0.25) is 0 Å². The SMILES string of the molecule is CC1CCCC2(C1)SCCCS2. The van der Waals surface area contributed by atoms with Crippen LogP contribution in [-0.2, 0) is 0 Å². The molecule has 1 saturated carbocycles. The minimum atomic E-state index is 0.663. The van der Waals surface area contributed by atoms with Gasteiger partial charge in [-0.05, 0) is 36.7 Å². The predicted octanol–water partition coefficient (Wildman–Crippen LogP) is 3.76. The largest absolute Gasteiger partial charge is 0.144 e. The molecule has 1 unspecified atom stereocenters. The second-order valence-corrected chi connectivity index (χ2v) is 7.38. The minimum absolute atomic E-state index is 0.663. The summed E-state index contributed by atoms with van der Waals surface area (Å²) < 4.78 is 0.663. The molecule has 1 atom stereocenters. The van der Waals surface area contributed by atoms with Crippen LogP contribution >= 0.6 is 23.5 Å². The lowest BCUT2D eigenvalue weighted by Gasteiger charge is -2.41. The first-order valence-electron chi connectivity index (χ1n) is 5.09. The lowest BCUT2D eigenvalue weighted by Crippen LogP contribution is -2.31. The number of hydrogen-bond donors (Lipinski definition) is 0. The van der Waals surface area contributed by atoms with Gasteiger partial charge < -0.3 is 0 Å². The number of hydrogen-bond acceptors (Lipinski definition) is 2. The molecule has 0 aromatic rings. The summed E-state index contributed by atoms with van der Waals surface area (Å²) in [5.74, 6) is 3.82. The van der Waals surface area contributed by atoms with Gasteiger partial charge in [0.05, 0.1) is 4.08 Å². The maximum absolute atomic E-state index is 2.43. The molecule has 0 radical (unpaired) electrons. The van der Waals surface area contributed by atoms with Gasteiger partial charge in [-0.2, -0.15) is 0 Å². The summed E-state index contributed by atoms with van der Waals surface area (Å²) in [6, 6.07) is 0. The molecule has 2 rings (SSSR count). The van der Waals surface area contributed by atoms with E-state index in [1.54, 1.807) is 0 Å². The molecule has 0 bridgehead atoms. The number of thioether (sulfide) groups is 2. The van der Waals surface area contributed by atoms with Gasteiger partial charge in [0.2, 0.25) is 0 Å². The average molecular weight is 202 g/mol. The second kappa shape index (κ2) is 3.83. The first-order chi connectivity index (χ1) is 5.81. The van der Waals surface area contributed by atoms with E-state index in [0.29, 0.717) is 4.08 Å². The van der Waals surface area contributed by atoms with Gasteiger partial charge in [-0.1, -0.05) is 19.8 Å². The van der Waals surface area contributed by atoms with Crippen molar-refractivity contribution in [2.24, 2.45) is 5.92 Å². The van der Waals surface area contributed by atoms with Crippen molar-refractivity contribution in [1.29, 1.82) is 0 Å². The van der Waals surface area contributed by atoms with Crippen LogP contribution < -0.4 is 0 Å². The van der Waals surface area contributed by atoms with Gasteiger partial charge in [0.1, 0.15) is 0 Å². The molecule has 0 N–H and O–H groups in total. The molecule has 70 valence electrons. The molecule has 2 heteroatoms. The highest BCUT2D eigenvalue weighted by Gasteiger charge is 2.37. The Labute approximate surface area is 84.3 Å². The molecule has 0 amide bonds. The smallest absolute Gasteiger partial charge is 0.0613 e. The van der Waals surface area contributed by atoms with Crippen molar-refractivity contribution < 1.29 is 0 Å². The van der Waals surface area contributed by atoms with Crippen molar-refractivity contribution in [2.75, 3.05) is 11.5 Å². The Balaban J connectivity index is 1.97. The summed E-state index contributed by atoms with van der Waals surface area (Å²) in [6.07, 6.45) is 7.34. The zero-order valence-corrected chi connectivity index (χ0v) is 9.48. The van der Waals surface area contributed by atoms with E-state index in [4.69, 9.17) is 0 Å². The van der Waals surface area contributed by atoms with Crippen LogP contribution in [0.3, 0.4) is 0 Å². The lowest BCUT2D eigenvalue weighted by molar-refractivity contribution is 0.375. The van der Waals surface area contributed by atoms with Gasteiger partial charge in [0.25, 0.3) is 0 Å². The molecule has 1 aliphatic heterocycles. The van der Waals surface area contributed by atoms with Gasteiger partial charge in [0, 0.05) is 0 Å². The van der Waals surface area contributed by atoms with Crippen molar-refractivity contribution in [1.82, 2.24) is 0 Å². The van der Waals surface area contributed by atoms with E-state index < -0.39 is 0 Å². The summed E-state index contributed by atoms with van der Waals surface area (Å²) in [5.41, 5.74) is 0. The molecular formula is C10H18S2. The van der Waals surface area contributed by atoms with Crippen molar-refractivity contribution in [2.45, 2.75) is 43.1 Å². The molecule has 2 aliphatic rings. The third-order valence-corrected chi connectivity index (χ3v) is 6.42. The maximum atomic E-state index is 2.43. The van der Waals surface area contributed by atoms with E-state index in [1.807, 2.05) is 0 Å². The Morgan fingerprint density at radius 3 is 2.58 bits per heavy atom. The van der Waals surface area contributed by atoms with Gasteiger partial charge in [-0.15, -0.1) is 23.5 Å². The Morgan fingerprint density at radius 2 is 1.92 bits per heavy atom. The van der Waals surface area contributed by atoms with Gasteiger partial charge in [-0.25, -0.2) is 0 Å². The zero-order chi connectivity index (χ0) is 8.44. The summed E-state index contributed by atoms with van der Waals surface area (Å²) in [4.78, 5) is 0. The van der Waals surface area contributed by atoms with Gasteiger partial charge >= 0.3 is 0 Å². The fourth-order valence-electron chi connectivity index (χ4n) is 2.33. The Kier molecular flexibility index (Phi) is 2.96. The van der Waals surface area contributed by atoms with E-state index in [9.17, 15) is 0 Å². The van der Waals surface area contributed by atoms with E-state index in [2.05, 4.69) is 30.4 Å². The molecule has 12 heavy (non-hydrogen) atoms. The van der Waals surface area contributed by atoms with Gasteiger partial charge in [0.15, 0.2) is 0 Å². The van der Waals surface area contributed by atoms with E-state index >= 15 is 0 Å². The maximum Gasteiger partial charge on any atom is 0.0613 e. The fourth-order valence-corrected chi connectivity index (χ4v) is 6.05. The predicted molar refractivity (Wildman–Crippen MR) is 59.9 cm³/mol. The average Bonchev–Trinajstić information content (AvgIpc) is 2.05. The lowest BCUT2D eigenvalue weighted by atomic mass is 9.90. The third kappa shape index (κ3) is 1.95. The van der Waals surface area contributed by atoms with Crippen LogP contribution in [0, 0.1) is 5.92 Å². The first kappa shape index (κ1) is 9.26. The zero-order valence-electron chi connectivity index (χ0n) is 7.84. The Hall–Kier alpha value is 0.700. The fraction of sp³-hybridized carbons (Fsp3) is 1.00. The normalized spacial score (nSPS) is 35.2. The third-order valence-electron chi connectivity index (χ3n) is 2.93. The van der Waals surface area contributed by atoms with Crippen LogP contribution in [0.1, 0.15) is 39.0 Å². The highest BCUT2D eigenvalue weighted by Crippen LogP contribution is 2.52. The number of rotatable bonds is 0. The van der Waals surface area contributed by atoms with Gasteiger partial charge in [-0.3, -0.25) is 0 Å². The molecule has 0 nitrogen and oxygen atoms in total. The van der Waals surface area contributed by atoms with Crippen molar-refractivity contribution in [3.63, 3.8) is 0 Å². The van der Waals surface area contributed by atoms with Crippen molar-refractivity contribution >= 4 is 23.5 Å². The Bertz CT molecular complexity index is 144. The minimum Gasteiger partial charge on any atom is -0.144 e. The van der Waals surface area contributed by atoms with Crippen molar-refractivity contribution in [3.8, 4) is 0 Å². The molecule has 1 saturated heterocycles. The second-order valence-electron chi connectivity index (χ2n) is 4.16. The Morgan fingerprint density at radius 1 is 1.17 bits per heavy atom. The highest BCUT2D eigenvalue weighted by atomic mass is 32.2. The molecule has 1 spiro atoms. The summed E-state index contributed by atoms with van der Waals surface area (Å²) in [7, 11) is 0. The molecule has 0 aromatic carbocycles. The topological polar surface area (TPSA) is 0 Å². The summed E-state index contributed by atoms with van der Waals surface area (Å²) >= 11 is 4.51. The quantitative estimate of drug-likeness (QED) is 0.586. The van der Waals surface area contributed by atoms with E-state index in [-0.39, 0.29) is 0 Å². The van der Waals surface area contributed by atoms with Crippen LogP contribution in [0.5, 0.6) is 0 Å². The van der Waals surface area contributed by atoms with Crippen LogP contribution in [0.4, 0.5) is 0 Å². The van der Waals surface area contributed by atoms with Crippen molar-refractivity contribution in [3.05, 3.63) is 0 Å². The van der Waals surface area contributed by atoms with Crippen LogP contribution in [0.25, 0.3) is 0 Å². The highest BCUT2D eigenvalue weighted by molar-refractivity contribution is 8.18. The van der Waals surface area contributed by atoms with Crippen LogP contribution in [-0.4, -0.2) is 15.6 Å².